The molecule has 1 aliphatic rings. The number of rotatable bonds is 9. The predicted octanol–water partition coefficient (Wildman–Crippen LogP) is 4.35. The predicted molar refractivity (Wildman–Crippen MR) is 137 cm³/mol. The molecule has 4 rings (SSSR count). The van der Waals surface area contributed by atoms with Gasteiger partial charge in [-0.1, -0.05) is 18.0 Å². The minimum Gasteiger partial charge on any atom is -0.330 e. The first-order valence-corrected chi connectivity index (χ1v) is 12.1. The maximum atomic E-state index is 12.5. The van der Waals surface area contributed by atoms with Crippen LogP contribution in [0.25, 0.3) is 22.4 Å². The number of hydrogen-bond acceptors (Lipinski definition) is 6. The Kier molecular flexibility index (Phi) is 7.15. The van der Waals surface area contributed by atoms with Gasteiger partial charge in [-0.2, -0.15) is 0 Å². The van der Waals surface area contributed by atoms with Gasteiger partial charge < -0.3 is 20.3 Å². The van der Waals surface area contributed by atoms with Crippen molar-refractivity contribution >= 4 is 29.4 Å². The number of carbonyl (C=O) groups is 1. The molecular weight excluding hydrogens is 434 g/mol. The highest BCUT2D eigenvalue weighted by atomic mass is 32.2. The van der Waals surface area contributed by atoms with Gasteiger partial charge >= 0.3 is 0 Å². The summed E-state index contributed by atoms with van der Waals surface area (Å²) in [6, 6.07) is 11.5. The molecule has 1 amide bonds. The largest absolute Gasteiger partial charge is 0.330 e. The van der Waals surface area contributed by atoms with Gasteiger partial charge in [0.1, 0.15) is 5.82 Å². The van der Waals surface area contributed by atoms with Crippen molar-refractivity contribution in [1.29, 1.82) is 0 Å². The van der Waals surface area contributed by atoms with Crippen molar-refractivity contribution < 1.29 is 4.79 Å². The first-order chi connectivity index (χ1) is 15.9. The monoisotopic (exact) mass is 463 g/mol. The van der Waals surface area contributed by atoms with Crippen LogP contribution in [-0.4, -0.2) is 35.2 Å². The third-order valence-electron chi connectivity index (χ3n) is 5.62. The Morgan fingerprint density at radius 1 is 1.12 bits per heavy atom. The Labute approximate surface area is 197 Å². The summed E-state index contributed by atoms with van der Waals surface area (Å²) in [5.41, 5.74) is 6.23. The van der Waals surface area contributed by atoms with Gasteiger partial charge in [0.15, 0.2) is 0 Å². The zero-order valence-corrected chi connectivity index (χ0v) is 19.9. The van der Waals surface area contributed by atoms with Gasteiger partial charge in [-0.05, 0) is 80.3 Å². The highest BCUT2D eigenvalue weighted by Crippen LogP contribution is 2.32. The second-order valence-electron chi connectivity index (χ2n) is 8.38. The van der Waals surface area contributed by atoms with E-state index in [1.165, 1.54) is 0 Å². The zero-order valence-electron chi connectivity index (χ0n) is 19.1. The molecule has 0 unspecified atom stereocenters. The zero-order chi connectivity index (χ0) is 23.4. The molecule has 1 aromatic carbocycles. The number of anilines is 2. The van der Waals surface area contributed by atoms with E-state index in [1.807, 2.05) is 45.2 Å². The number of amides is 1. The van der Waals surface area contributed by atoms with Crippen molar-refractivity contribution in [3.05, 3.63) is 64.1 Å². The lowest BCUT2D eigenvalue weighted by Gasteiger charge is -2.13. The Balaban J connectivity index is 1.61. The molecule has 1 saturated carbocycles. The van der Waals surface area contributed by atoms with Crippen molar-refractivity contribution in [2.24, 2.45) is 5.92 Å². The minimum absolute atomic E-state index is 0.0114. The summed E-state index contributed by atoms with van der Waals surface area (Å²) in [4.78, 5) is 32.0. The lowest BCUT2D eigenvalue weighted by Crippen LogP contribution is -2.14. The van der Waals surface area contributed by atoms with Crippen molar-refractivity contribution in [3.63, 3.8) is 0 Å². The van der Waals surface area contributed by atoms with E-state index in [-0.39, 0.29) is 17.4 Å². The molecule has 0 spiro atoms. The summed E-state index contributed by atoms with van der Waals surface area (Å²) in [6.45, 7) is 4.92. The molecule has 0 bridgehead atoms. The van der Waals surface area contributed by atoms with Crippen LogP contribution in [-0.2, 0) is 4.79 Å². The van der Waals surface area contributed by atoms with E-state index in [0.29, 0.717) is 5.82 Å². The Morgan fingerprint density at radius 3 is 2.67 bits per heavy atom. The molecule has 0 saturated heterocycles. The number of nitrogens with one attached hydrogen (secondary N) is 4. The fourth-order valence-electron chi connectivity index (χ4n) is 3.64. The maximum absolute atomic E-state index is 12.5. The Bertz CT molecular complexity index is 1220. The first kappa shape index (κ1) is 23.1. The summed E-state index contributed by atoms with van der Waals surface area (Å²) in [5, 5.41) is 6.02. The van der Waals surface area contributed by atoms with Gasteiger partial charge in [0.05, 0.1) is 0 Å². The fourth-order valence-corrected chi connectivity index (χ4v) is 4.34. The van der Waals surface area contributed by atoms with Crippen molar-refractivity contribution in [2.75, 3.05) is 29.4 Å². The van der Waals surface area contributed by atoms with Crippen molar-refractivity contribution in [3.8, 4) is 22.4 Å². The normalized spacial score (nSPS) is 13.1. The highest BCUT2D eigenvalue weighted by molar-refractivity contribution is 8.00. The van der Waals surface area contributed by atoms with E-state index in [1.54, 1.807) is 24.2 Å². The molecule has 0 aliphatic heterocycles. The molecule has 33 heavy (non-hydrogen) atoms. The quantitative estimate of drug-likeness (QED) is 0.278. The van der Waals surface area contributed by atoms with Crippen LogP contribution in [0.5, 0.6) is 0 Å². The van der Waals surface area contributed by atoms with E-state index in [9.17, 15) is 9.59 Å². The van der Waals surface area contributed by atoms with E-state index in [0.717, 1.165) is 64.3 Å². The lowest BCUT2D eigenvalue weighted by atomic mass is 9.99. The number of aryl methyl sites for hydroxylation is 2. The van der Waals surface area contributed by atoms with Gasteiger partial charge in [-0.15, -0.1) is 0 Å². The summed E-state index contributed by atoms with van der Waals surface area (Å²) in [5.74, 6) is 1.58. The maximum Gasteiger partial charge on any atom is 0.249 e. The topological polar surface area (TPSA) is 98.9 Å². The van der Waals surface area contributed by atoms with E-state index < -0.39 is 0 Å². The molecular formula is C25H29N5O2S. The number of benzene rings is 1. The second-order valence-corrected chi connectivity index (χ2v) is 9.28. The second kappa shape index (κ2) is 10.2. The van der Waals surface area contributed by atoms with Crippen molar-refractivity contribution in [1.82, 2.24) is 15.3 Å². The average Bonchev–Trinajstić information content (AvgIpc) is 3.63. The molecule has 4 N–H and O–H groups in total. The number of nitrogens with zero attached hydrogens (tertiary/aromatic N) is 1. The summed E-state index contributed by atoms with van der Waals surface area (Å²) in [7, 11) is 1.94. The van der Waals surface area contributed by atoms with Gasteiger partial charge in [0.2, 0.25) is 11.5 Å². The lowest BCUT2D eigenvalue weighted by molar-refractivity contribution is -0.117. The molecule has 8 heteroatoms. The fraction of sp³-hybridized carbons (Fsp3) is 0.320. The van der Waals surface area contributed by atoms with E-state index in [2.05, 4.69) is 31.4 Å². The van der Waals surface area contributed by atoms with Gasteiger partial charge in [-0.25, -0.2) is 4.98 Å². The van der Waals surface area contributed by atoms with Crippen LogP contribution in [0.4, 0.5) is 11.5 Å². The first-order valence-electron chi connectivity index (χ1n) is 11.1. The SMILES string of the molecule is CNCCSNc1ccc(-c2cc(-c3cc(NC(=O)C4CC4)ncc3C)cc(=O)[nH]2)c(C)c1. The number of aromatic amines is 1. The van der Waals surface area contributed by atoms with E-state index in [4.69, 9.17) is 0 Å². The van der Waals surface area contributed by atoms with Crippen LogP contribution in [0.3, 0.4) is 0 Å². The summed E-state index contributed by atoms with van der Waals surface area (Å²) < 4.78 is 3.35. The van der Waals surface area contributed by atoms with Crippen molar-refractivity contribution in [2.45, 2.75) is 26.7 Å². The van der Waals surface area contributed by atoms with Gasteiger partial charge in [-0.3, -0.25) is 9.59 Å². The molecule has 0 radical (unpaired) electrons. The number of carbonyl (C=O) groups excluding carboxylic acids is 1. The molecule has 3 aromatic rings. The Hall–Kier alpha value is -3.10. The standard InChI is InChI=1S/C25H29N5O2S/c1-15-10-19(30-33-9-8-26-3)6-7-20(15)22-11-18(12-24(31)28-22)21-13-23(27-14-16(21)2)29-25(32)17-4-5-17/h6-7,10-14,17,26,30H,4-5,8-9H2,1-3H3,(H,28,31)(H,27,29,32). The van der Waals surface area contributed by atoms with Crippen LogP contribution < -0.4 is 20.9 Å². The Morgan fingerprint density at radius 2 is 1.94 bits per heavy atom. The van der Waals surface area contributed by atoms with Crippen LogP contribution in [0.1, 0.15) is 24.0 Å². The summed E-state index contributed by atoms with van der Waals surface area (Å²) in [6.07, 6.45) is 3.60. The molecule has 172 valence electrons. The van der Waals surface area contributed by atoms with Crippen LogP contribution >= 0.6 is 11.9 Å². The number of hydrogen-bond donors (Lipinski definition) is 4. The smallest absolute Gasteiger partial charge is 0.249 e. The number of pyridine rings is 2. The molecule has 1 fully saturated rings. The molecule has 1 aliphatic carbocycles. The number of H-pyrrole nitrogens is 1. The summed E-state index contributed by atoms with van der Waals surface area (Å²) >= 11 is 1.65. The molecule has 7 nitrogen and oxygen atoms in total. The van der Waals surface area contributed by atoms with Crippen LogP contribution in [0, 0.1) is 19.8 Å². The number of aromatic nitrogens is 2. The molecule has 2 aromatic heterocycles. The highest BCUT2D eigenvalue weighted by Gasteiger charge is 2.29. The average molecular weight is 464 g/mol. The van der Waals surface area contributed by atoms with E-state index >= 15 is 0 Å². The van der Waals surface area contributed by atoms with Gasteiger partial charge in [0, 0.05) is 47.4 Å². The minimum atomic E-state index is -0.175. The third kappa shape index (κ3) is 5.83. The van der Waals surface area contributed by atoms with Gasteiger partial charge in [0.25, 0.3) is 0 Å². The molecule has 2 heterocycles. The molecule has 0 atom stereocenters. The third-order valence-corrected chi connectivity index (χ3v) is 6.41. The van der Waals surface area contributed by atoms with Crippen LogP contribution in [0.2, 0.25) is 0 Å². The van der Waals surface area contributed by atoms with Crippen LogP contribution in [0.15, 0.2) is 47.4 Å².